The van der Waals surface area contributed by atoms with E-state index in [2.05, 4.69) is 219 Å². The second-order valence-electron chi connectivity index (χ2n) is 23.3. The number of aromatic nitrogens is 2. The minimum absolute atomic E-state index is 0. The van der Waals surface area contributed by atoms with Crippen molar-refractivity contribution >= 4 is 110 Å². The Morgan fingerprint density at radius 3 is 1.61 bits per heavy atom. The van der Waals surface area contributed by atoms with Crippen molar-refractivity contribution in [3.05, 3.63) is 151 Å². The number of rotatable bonds is 9. The number of para-hydroxylation sites is 3. The fourth-order valence-electron chi connectivity index (χ4n) is 9.13. The van der Waals surface area contributed by atoms with Gasteiger partial charge in [-0.3, -0.25) is 0 Å². The van der Waals surface area contributed by atoms with Crippen LogP contribution >= 0.6 is 11.8 Å². The quantitative estimate of drug-likeness (QED) is 0.103. The number of thioether (sulfide) groups is 1. The van der Waals surface area contributed by atoms with E-state index in [0.717, 1.165) is 73.2 Å². The van der Waals surface area contributed by atoms with Crippen LogP contribution in [0.3, 0.4) is 0 Å². The molecule has 10 rings (SSSR count). The zero-order chi connectivity index (χ0) is 50.0. The van der Waals surface area contributed by atoms with E-state index in [-0.39, 0.29) is 42.3 Å². The van der Waals surface area contributed by atoms with Gasteiger partial charge in [0.2, 0.25) is 0 Å². The van der Waals surface area contributed by atoms with Crippen molar-refractivity contribution in [2.45, 2.75) is 116 Å². The Bertz CT molecular complexity index is 2940. The molecule has 2 aromatic heterocycles. The summed E-state index contributed by atoms with van der Waals surface area (Å²) < 4.78 is 42.3. The molecule has 0 N–H and O–H groups in total. The Kier molecular flexibility index (Phi) is 15.0. The molecule has 0 spiro atoms. The summed E-state index contributed by atoms with van der Waals surface area (Å²) in [4.78, 5) is 9.15. The van der Waals surface area contributed by atoms with Gasteiger partial charge in [-0.2, -0.15) is 65.4 Å². The molecule has 3 aliphatic heterocycles. The Balaban J connectivity index is 0.00000640. The Morgan fingerprint density at radius 2 is 1.06 bits per heavy atom. The summed E-state index contributed by atoms with van der Waals surface area (Å²) in [5.41, 5.74) is 9.94. The molecule has 0 bridgehead atoms. The first-order valence-corrected chi connectivity index (χ1v) is 25.9. The summed E-state index contributed by atoms with van der Waals surface area (Å²) >= 11 is 1.86. The molecule has 0 saturated carbocycles. The summed E-state index contributed by atoms with van der Waals surface area (Å²) in [6.45, 7) is 27.7. The maximum atomic E-state index is 6.76. The summed E-state index contributed by atoms with van der Waals surface area (Å²) in [6, 6.07) is 47.8. The monoisotopic (exact) mass is 1150 g/mol. The fourth-order valence-corrected chi connectivity index (χ4v) is 10.0. The molecule has 7 aromatic rings. The molecule has 2 saturated heterocycles. The van der Waals surface area contributed by atoms with Crippen molar-refractivity contribution < 1.29 is 48.5 Å². The molecule has 10 nitrogen and oxygen atoms in total. The molecule has 0 unspecified atom stereocenters. The minimum Gasteiger partial charge on any atom is -0.493 e. The average Bonchev–Trinajstić information content (AvgIpc) is 3.89. The van der Waals surface area contributed by atoms with Crippen LogP contribution in [0.15, 0.2) is 121 Å². The van der Waals surface area contributed by atoms with Crippen LogP contribution in [0, 0.1) is 18.8 Å². The molecule has 370 valence electrons. The van der Waals surface area contributed by atoms with Gasteiger partial charge >= 0.3 is 42.7 Å². The number of benzene rings is 5. The average molecular weight is 1150 g/mol. The zero-order valence-electron chi connectivity index (χ0n) is 43.5. The SMILES string of the molecule is CC(C)(C)B1OB(c2cc(B3OB(C(C)(C)C)OB(C(C)(C)C)O3)cc(N3[CH-]N(c4[c-]c(CSCc5[c-]c6c(cc5)c5ccccc5n6-c5ccccn5)ccc4)c4ccccc43)c2)OB(C(C)(C)C)O1.[Pt]. The Labute approximate surface area is 448 Å². The van der Waals surface area contributed by atoms with Gasteiger partial charge in [-0.05, 0) is 91.5 Å². The molecule has 2 fully saturated rings. The van der Waals surface area contributed by atoms with E-state index in [1.807, 2.05) is 30.1 Å². The largest absolute Gasteiger partial charge is 0.493 e. The zero-order valence-corrected chi connectivity index (χ0v) is 46.6. The van der Waals surface area contributed by atoms with Gasteiger partial charge in [0.1, 0.15) is 5.82 Å². The van der Waals surface area contributed by atoms with Crippen molar-refractivity contribution in [3.63, 3.8) is 0 Å². The van der Waals surface area contributed by atoms with Crippen LogP contribution in [0.1, 0.15) is 94.2 Å². The number of hydrogen-bond donors (Lipinski definition) is 0. The van der Waals surface area contributed by atoms with E-state index < -0.39 is 42.7 Å². The third-order valence-corrected chi connectivity index (χ3v) is 13.9. The third-order valence-electron chi connectivity index (χ3n) is 12.9. The predicted octanol–water partition coefficient (Wildman–Crippen LogP) is 12.3. The number of pyridine rings is 1. The van der Waals surface area contributed by atoms with E-state index in [1.54, 1.807) is 0 Å². The molecule has 72 heavy (non-hydrogen) atoms. The van der Waals surface area contributed by atoms with Crippen LogP contribution in [0.2, 0.25) is 21.3 Å². The first-order valence-electron chi connectivity index (χ1n) is 24.7. The molecule has 0 aliphatic carbocycles. The third kappa shape index (κ3) is 11.0. The number of anilines is 4. The molecule has 3 aliphatic rings. The van der Waals surface area contributed by atoms with Crippen LogP contribution in [0.25, 0.3) is 27.6 Å². The van der Waals surface area contributed by atoms with Gasteiger partial charge in [0.25, 0.3) is 0 Å². The van der Waals surface area contributed by atoms with Crippen LogP contribution in [0.4, 0.5) is 22.7 Å². The molecular formula is C54H61B6N4O6PtS-3. The number of fused-ring (bicyclic) bond motifs is 4. The van der Waals surface area contributed by atoms with E-state index in [9.17, 15) is 0 Å². The molecule has 0 amide bonds. The fraction of sp³-hybridized carbons (Fsp3) is 0.333. The van der Waals surface area contributed by atoms with Gasteiger partial charge in [-0.1, -0.05) is 131 Å². The molecule has 18 heteroatoms. The second-order valence-corrected chi connectivity index (χ2v) is 24.3. The van der Waals surface area contributed by atoms with Crippen LogP contribution in [0.5, 0.6) is 0 Å². The van der Waals surface area contributed by atoms with Crippen molar-refractivity contribution in [1.29, 1.82) is 0 Å². The number of hydrogen-bond acceptors (Lipinski definition) is 10. The van der Waals surface area contributed by atoms with Gasteiger partial charge in [0, 0.05) is 49.8 Å². The predicted molar refractivity (Wildman–Crippen MR) is 298 cm³/mol. The van der Waals surface area contributed by atoms with Crippen molar-refractivity contribution in [3.8, 4) is 5.82 Å². The molecule has 0 radical (unpaired) electrons. The topological polar surface area (TPSA) is 79.7 Å². The van der Waals surface area contributed by atoms with Gasteiger partial charge < -0.3 is 41.8 Å². The molecule has 5 heterocycles. The minimum atomic E-state index is -0.741. The van der Waals surface area contributed by atoms with E-state index in [4.69, 9.17) is 32.4 Å². The second kappa shape index (κ2) is 20.5. The Morgan fingerprint density at radius 1 is 0.528 bits per heavy atom. The van der Waals surface area contributed by atoms with Crippen molar-refractivity contribution in [2.24, 2.45) is 0 Å². The molecule has 0 atom stereocenters. The maximum absolute atomic E-state index is 6.76. The summed E-state index contributed by atoms with van der Waals surface area (Å²) in [5.74, 6) is 2.46. The molecule has 5 aromatic carbocycles. The summed E-state index contributed by atoms with van der Waals surface area (Å²) in [5, 5.41) is 1.08. The standard InChI is InChI=1S/C54H61B6N4O6S.Pt/c1-51(2,3)57-65-55(66-58(69-57)52(4,5)6)40-32-41(56-67-59(53(7,8)9)70-60(68-56)54(10,11)12)34-43(33-40)63-37-62(47-24-15-16-25-48(47)63)42-21-19-20-38(30-42)35-71-36-39-27-28-45-44-22-13-14-23-46(44)64(49(45)31-39)50-26-17-18-29-61-50;/h13-29,32-34,37H,35-36H2,1-12H3;/q-3;. The first-order chi connectivity index (χ1) is 33.7. The van der Waals surface area contributed by atoms with Crippen molar-refractivity contribution in [1.82, 2.24) is 9.55 Å². The van der Waals surface area contributed by atoms with Crippen LogP contribution in [-0.2, 0) is 60.0 Å². The molecular weight excluding hydrogens is 1090 g/mol. The van der Waals surface area contributed by atoms with Gasteiger partial charge in [-0.25, -0.2) is 4.98 Å². The van der Waals surface area contributed by atoms with E-state index in [1.165, 1.54) is 10.8 Å². The smallest absolute Gasteiger partial charge is 0.466 e. The van der Waals surface area contributed by atoms with Gasteiger partial charge in [0.15, 0.2) is 0 Å². The maximum Gasteiger partial charge on any atom is 0.466 e. The Hall–Kier alpha value is -4.16. The van der Waals surface area contributed by atoms with Gasteiger partial charge in [0.05, 0.1) is 0 Å². The first kappa shape index (κ1) is 52.7. The number of nitrogens with zero attached hydrogens (tertiary/aromatic N) is 4. The normalized spacial score (nSPS) is 16.1. The van der Waals surface area contributed by atoms with Crippen LogP contribution < -0.4 is 20.7 Å². The summed E-state index contributed by atoms with van der Waals surface area (Å²) in [6.07, 6.45) is 1.84. The van der Waals surface area contributed by atoms with Gasteiger partial charge in [-0.15, -0.1) is 17.7 Å². The summed E-state index contributed by atoms with van der Waals surface area (Å²) in [7, 11) is -3.57. The van der Waals surface area contributed by atoms with Crippen molar-refractivity contribution in [2.75, 3.05) is 9.80 Å². The van der Waals surface area contributed by atoms with E-state index >= 15 is 0 Å². The van der Waals surface area contributed by atoms with E-state index in [0.29, 0.717) is 0 Å². The van der Waals surface area contributed by atoms with Crippen LogP contribution in [-0.4, -0.2) is 52.3 Å².